The lowest BCUT2D eigenvalue weighted by molar-refractivity contribution is -0.113. The minimum atomic E-state index is -0.386. The Bertz CT molecular complexity index is 1100. The fraction of sp³-hybridized carbons (Fsp3) is 0.227. The first-order valence-electron chi connectivity index (χ1n) is 9.40. The SMILES string of the molecule is COc1ccccc1NC(=O)C1=C(C)Nc2nc(C)nn2[C@H]1c1ccc(C)cc1. The van der Waals surface area contributed by atoms with Gasteiger partial charge in [-0.2, -0.15) is 10.1 Å². The van der Waals surface area contributed by atoms with E-state index >= 15 is 0 Å². The Kier molecular flexibility index (Phi) is 4.80. The number of amides is 1. The number of aromatic nitrogens is 3. The van der Waals surface area contributed by atoms with E-state index in [1.165, 1.54) is 0 Å². The number of para-hydroxylation sites is 2. The summed E-state index contributed by atoms with van der Waals surface area (Å²) in [6, 6.07) is 15.1. The van der Waals surface area contributed by atoms with Crippen molar-refractivity contribution in [3.05, 3.63) is 76.8 Å². The fourth-order valence-corrected chi connectivity index (χ4v) is 3.55. The normalized spacial score (nSPS) is 15.5. The van der Waals surface area contributed by atoms with Crippen molar-refractivity contribution in [1.29, 1.82) is 0 Å². The summed E-state index contributed by atoms with van der Waals surface area (Å²) in [6.07, 6.45) is 0. The minimum absolute atomic E-state index is 0.219. The molecule has 2 heterocycles. The van der Waals surface area contributed by atoms with E-state index in [1.807, 2.05) is 69.3 Å². The number of hydrogen-bond donors (Lipinski definition) is 2. The lowest BCUT2D eigenvalue weighted by Crippen LogP contribution is -2.31. The van der Waals surface area contributed by atoms with E-state index in [-0.39, 0.29) is 11.9 Å². The number of carbonyl (C=O) groups is 1. The zero-order valence-electron chi connectivity index (χ0n) is 16.9. The minimum Gasteiger partial charge on any atom is -0.495 e. The van der Waals surface area contributed by atoms with Crippen LogP contribution < -0.4 is 15.4 Å². The molecule has 148 valence electrons. The molecule has 0 bridgehead atoms. The fourth-order valence-electron chi connectivity index (χ4n) is 3.55. The molecule has 0 unspecified atom stereocenters. The van der Waals surface area contributed by atoms with Gasteiger partial charge in [0, 0.05) is 5.70 Å². The lowest BCUT2D eigenvalue weighted by atomic mass is 9.94. The van der Waals surface area contributed by atoms with E-state index in [4.69, 9.17) is 4.74 Å². The predicted molar refractivity (Wildman–Crippen MR) is 112 cm³/mol. The molecule has 1 amide bonds. The van der Waals surface area contributed by atoms with Crippen molar-refractivity contribution < 1.29 is 9.53 Å². The molecule has 7 heteroatoms. The molecule has 7 nitrogen and oxygen atoms in total. The molecule has 2 aromatic carbocycles. The summed E-state index contributed by atoms with van der Waals surface area (Å²) in [5, 5.41) is 10.7. The first kappa shape index (κ1) is 18.7. The van der Waals surface area contributed by atoms with E-state index in [0.29, 0.717) is 28.8 Å². The number of nitrogens with one attached hydrogen (secondary N) is 2. The topological polar surface area (TPSA) is 81.1 Å². The van der Waals surface area contributed by atoms with Crippen molar-refractivity contribution in [3.63, 3.8) is 0 Å². The monoisotopic (exact) mass is 389 g/mol. The Morgan fingerprint density at radius 2 is 1.83 bits per heavy atom. The summed E-state index contributed by atoms with van der Waals surface area (Å²) in [7, 11) is 1.58. The van der Waals surface area contributed by atoms with Crippen LogP contribution in [0.1, 0.15) is 29.9 Å². The van der Waals surface area contributed by atoms with Gasteiger partial charge in [0.2, 0.25) is 5.95 Å². The number of hydrogen-bond acceptors (Lipinski definition) is 5. The molecule has 29 heavy (non-hydrogen) atoms. The van der Waals surface area contributed by atoms with Gasteiger partial charge in [0.15, 0.2) is 0 Å². The summed E-state index contributed by atoms with van der Waals surface area (Å²) in [5.41, 5.74) is 4.05. The van der Waals surface area contributed by atoms with Gasteiger partial charge in [-0.1, -0.05) is 42.0 Å². The van der Waals surface area contributed by atoms with Gasteiger partial charge in [-0.25, -0.2) is 4.68 Å². The van der Waals surface area contributed by atoms with Crippen LogP contribution in [-0.2, 0) is 4.79 Å². The number of nitrogens with zero attached hydrogens (tertiary/aromatic N) is 3. The number of rotatable bonds is 4. The van der Waals surface area contributed by atoms with Crippen molar-refractivity contribution in [3.8, 4) is 5.75 Å². The van der Waals surface area contributed by atoms with Crippen LogP contribution >= 0.6 is 0 Å². The molecule has 1 aliphatic rings. The number of allylic oxidation sites excluding steroid dienone is 1. The smallest absolute Gasteiger partial charge is 0.255 e. The molecule has 1 aromatic heterocycles. The second kappa shape index (κ2) is 7.43. The van der Waals surface area contributed by atoms with Crippen LogP contribution in [0, 0.1) is 13.8 Å². The number of ether oxygens (including phenoxy) is 1. The highest BCUT2D eigenvalue weighted by Crippen LogP contribution is 2.36. The molecule has 0 saturated carbocycles. The first-order valence-corrected chi connectivity index (χ1v) is 9.40. The predicted octanol–water partition coefficient (Wildman–Crippen LogP) is 3.83. The van der Waals surface area contributed by atoms with E-state index in [0.717, 1.165) is 16.8 Å². The zero-order valence-corrected chi connectivity index (χ0v) is 16.9. The zero-order chi connectivity index (χ0) is 20.5. The third-order valence-electron chi connectivity index (χ3n) is 4.95. The van der Waals surface area contributed by atoms with Crippen LogP contribution in [0.5, 0.6) is 5.75 Å². The average molecular weight is 389 g/mol. The Morgan fingerprint density at radius 3 is 2.55 bits per heavy atom. The van der Waals surface area contributed by atoms with Gasteiger partial charge in [-0.3, -0.25) is 4.79 Å². The molecular weight excluding hydrogens is 366 g/mol. The Morgan fingerprint density at radius 1 is 1.10 bits per heavy atom. The van der Waals surface area contributed by atoms with Crippen LogP contribution in [0.2, 0.25) is 0 Å². The Balaban J connectivity index is 1.78. The number of anilines is 2. The van der Waals surface area contributed by atoms with E-state index in [2.05, 4.69) is 20.7 Å². The summed E-state index contributed by atoms with van der Waals surface area (Å²) in [6.45, 7) is 5.75. The summed E-state index contributed by atoms with van der Waals surface area (Å²) >= 11 is 0. The number of aryl methyl sites for hydroxylation is 2. The largest absolute Gasteiger partial charge is 0.495 e. The molecular formula is C22H23N5O2. The lowest BCUT2D eigenvalue weighted by Gasteiger charge is -2.29. The van der Waals surface area contributed by atoms with Crippen LogP contribution in [0.3, 0.4) is 0 Å². The molecule has 0 saturated heterocycles. The summed E-state index contributed by atoms with van der Waals surface area (Å²) in [5.74, 6) is 1.65. The molecule has 0 fully saturated rings. The Hall–Kier alpha value is -3.61. The van der Waals surface area contributed by atoms with Crippen molar-refractivity contribution in [2.75, 3.05) is 17.7 Å². The molecule has 1 atom stereocenters. The van der Waals surface area contributed by atoms with Crippen LogP contribution in [0.15, 0.2) is 59.8 Å². The van der Waals surface area contributed by atoms with Crippen molar-refractivity contribution in [2.45, 2.75) is 26.8 Å². The molecule has 2 N–H and O–H groups in total. The third kappa shape index (κ3) is 3.47. The highest BCUT2D eigenvalue weighted by Gasteiger charge is 2.34. The van der Waals surface area contributed by atoms with E-state index in [9.17, 15) is 4.79 Å². The molecule has 0 spiro atoms. The molecule has 0 radical (unpaired) electrons. The van der Waals surface area contributed by atoms with Gasteiger partial charge >= 0.3 is 0 Å². The second-order valence-electron chi connectivity index (χ2n) is 7.06. The standard InChI is InChI=1S/C22H23N5O2/c1-13-9-11-16(12-10-13)20-19(14(2)23-22-24-15(3)26-27(20)22)21(28)25-17-7-5-6-8-18(17)29-4/h5-12,20H,1-4H3,(H,25,28)(H,23,24,26)/t20-/m0/s1. The number of methoxy groups -OCH3 is 1. The van der Waals surface area contributed by atoms with Gasteiger partial charge in [0.1, 0.15) is 17.6 Å². The van der Waals surface area contributed by atoms with Crippen molar-refractivity contribution in [1.82, 2.24) is 14.8 Å². The van der Waals surface area contributed by atoms with Gasteiger partial charge in [-0.05, 0) is 38.5 Å². The average Bonchev–Trinajstić information content (AvgIpc) is 3.07. The maximum Gasteiger partial charge on any atom is 0.255 e. The maximum atomic E-state index is 13.4. The van der Waals surface area contributed by atoms with Gasteiger partial charge in [0.25, 0.3) is 5.91 Å². The highest BCUT2D eigenvalue weighted by atomic mass is 16.5. The summed E-state index contributed by atoms with van der Waals surface area (Å²) < 4.78 is 7.14. The molecule has 3 aromatic rings. The van der Waals surface area contributed by atoms with Crippen LogP contribution in [-0.4, -0.2) is 27.8 Å². The third-order valence-corrected chi connectivity index (χ3v) is 4.95. The molecule has 4 rings (SSSR count). The maximum absolute atomic E-state index is 13.4. The quantitative estimate of drug-likeness (QED) is 0.709. The van der Waals surface area contributed by atoms with Crippen LogP contribution in [0.4, 0.5) is 11.6 Å². The number of carbonyl (C=O) groups excluding carboxylic acids is 1. The van der Waals surface area contributed by atoms with E-state index < -0.39 is 0 Å². The summed E-state index contributed by atoms with van der Waals surface area (Å²) in [4.78, 5) is 17.8. The number of benzene rings is 2. The highest BCUT2D eigenvalue weighted by molar-refractivity contribution is 6.06. The van der Waals surface area contributed by atoms with Gasteiger partial charge in [0.05, 0.1) is 18.4 Å². The molecule has 1 aliphatic heterocycles. The molecule has 0 aliphatic carbocycles. The van der Waals surface area contributed by atoms with Crippen molar-refractivity contribution in [2.24, 2.45) is 0 Å². The van der Waals surface area contributed by atoms with E-state index in [1.54, 1.807) is 11.8 Å². The Labute approximate surface area is 169 Å². The van der Waals surface area contributed by atoms with Crippen molar-refractivity contribution >= 4 is 17.5 Å². The van der Waals surface area contributed by atoms with Gasteiger partial charge < -0.3 is 15.4 Å². The number of fused-ring (bicyclic) bond motifs is 1. The second-order valence-corrected chi connectivity index (χ2v) is 7.06. The van der Waals surface area contributed by atoms with Gasteiger partial charge in [-0.15, -0.1) is 0 Å². The first-order chi connectivity index (χ1) is 14.0. The van der Waals surface area contributed by atoms with Crippen LogP contribution in [0.25, 0.3) is 0 Å².